The van der Waals surface area contributed by atoms with Gasteiger partial charge in [-0.1, -0.05) is 0 Å². The molecule has 2 aliphatic rings. The maximum absolute atomic E-state index is 13.0. The number of benzene rings is 1. The first-order valence-electron chi connectivity index (χ1n) is 7.22. The summed E-state index contributed by atoms with van der Waals surface area (Å²) in [5.41, 5.74) is -0.142. The van der Waals surface area contributed by atoms with Gasteiger partial charge in [0.2, 0.25) is 0 Å². The fourth-order valence-corrected chi connectivity index (χ4v) is 3.06. The van der Waals surface area contributed by atoms with E-state index in [0.29, 0.717) is 19.7 Å². The van der Waals surface area contributed by atoms with E-state index in [0.717, 1.165) is 32.0 Å². The van der Waals surface area contributed by atoms with E-state index in [4.69, 9.17) is 4.74 Å². The number of amides is 1. The Morgan fingerprint density at radius 1 is 1.36 bits per heavy atom. The lowest BCUT2D eigenvalue weighted by Crippen LogP contribution is -2.57. The zero-order chi connectivity index (χ0) is 14.9. The molecule has 0 aromatic heterocycles. The Labute approximate surface area is 134 Å². The Hall–Kier alpha value is -1.37. The third-order valence-electron chi connectivity index (χ3n) is 4.24. The summed E-state index contributed by atoms with van der Waals surface area (Å²) in [5.74, 6) is -1.14. The van der Waals surface area contributed by atoms with Crippen LogP contribution < -0.4 is 5.32 Å². The first-order valence-corrected chi connectivity index (χ1v) is 7.22. The van der Waals surface area contributed by atoms with Crippen LogP contribution >= 0.6 is 12.4 Å². The molecule has 1 aromatic carbocycles. The SMILES string of the molecule is Cl.O=C(c1ccc(F)cc1O)N1CCOC2(CCNCC2)C1. The van der Waals surface area contributed by atoms with Gasteiger partial charge in [0.05, 0.1) is 24.3 Å². The number of nitrogens with one attached hydrogen (secondary N) is 1. The normalized spacial score (nSPS) is 20.5. The Balaban J connectivity index is 0.00000176. The summed E-state index contributed by atoms with van der Waals surface area (Å²) in [6.45, 7) is 3.26. The van der Waals surface area contributed by atoms with Crippen LogP contribution in [0.1, 0.15) is 23.2 Å². The number of halogens is 2. The molecule has 2 saturated heterocycles. The van der Waals surface area contributed by atoms with E-state index >= 15 is 0 Å². The third-order valence-corrected chi connectivity index (χ3v) is 4.24. The molecule has 5 nitrogen and oxygen atoms in total. The van der Waals surface area contributed by atoms with Gasteiger partial charge in [-0.2, -0.15) is 0 Å². The summed E-state index contributed by atoms with van der Waals surface area (Å²) in [7, 11) is 0. The third kappa shape index (κ3) is 3.34. The molecule has 0 radical (unpaired) electrons. The lowest BCUT2D eigenvalue weighted by atomic mass is 9.90. The first kappa shape index (κ1) is 17.0. The summed E-state index contributed by atoms with van der Waals surface area (Å²) >= 11 is 0. The van der Waals surface area contributed by atoms with Crippen molar-refractivity contribution in [1.29, 1.82) is 0 Å². The number of aromatic hydroxyl groups is 1. The number of hydrogen-bond donors (Lipinski definition) is 2. The molecule has 2 N–H and O–H groups in total. The Kier molecular flexibility index (Phi) is 5.26. The zero-order valence-corrected chi connectivity index (χ0v) is 13.0. The van der Waals surface area contributed by atoms with Crippen LogP contribution in [0, 0.1) is 5.82 Å². The quantitative estimate of drug-likeness (QED) is 0.820. The molecule has 1 amide bonds. The number of phenolic OH excluding ortho intramolecular Hbond substituents is 1. The summed E-state index contributed by atoms with van der Waals surface area (Å²) in [4.78, 5) is 14.2. The van der Waals surface area contributed by atoms with Crippen LogP contribution in [0.2, 0.25) is 0 Å². The predicted octanol–water partition coefficient (Wildman–Crippen LogP) is 1.55. The van der Waals surface area contributed by atoms with Crippen molar-refractivity contribution in [2.75, 3.05) is 32.8 Å². The highest BCUT2D eigenvalue weighted by molar-refractivity contribution is 5.96. The minimum Gasteiger partial charge on any atom is -0.507 e. The molecule has 0 atom stereocenters. The van der Waals surface area contributed by atoms with Crippen molar-refractivity contribution in [2.45, 2.75) is 18.4 Å². The van der Waals surface area contributed by atoms with Gasteiger partial charge < -0.3 is 20.1 Å². The molecule has 0 unspecified atom stereocenters. The largest absolute Gasteiger partial charge is 0.507 e. The van der Waals surface area contributed by atoms with Gasteiger partial charge in [-0.15, -0.1) is 12.4 Å². The maximum atomic E-state index is 13.0. The van der Waals surface area contributed by atoms with Crippen molar-refractivity contribution in [3.05, 3.63) is 29.6 Å². The molecule has 2 fully saturated rings. The van der Waals surface area contributed by atoms with E-state index in [1.54, 1.807) is 4.90 Å². The van der Waals surface area contributed by atoms with E-state index < -0.39 is 5.82 Å². The zero-order valence-electron chi connectivity index (χ0n) is 12.2. The lowest BCUT2D eigenvalue weighted by molar-refractivity contribution is -0.114. The average Bonchev–Trinajstić information content (AvgIpc) is 2.47. The topological polar surface area (TPSA) is 61.8 Å². The van der Waals surface area contributed by atoms with Crippen LogP contribution in [0.4, 0.5) is 4.39 Å². The van der Waals surface area contributed by atoms with Crippen molar-refractivity contribution in [3.63, 3.8) is 0 Å². The van der Waals surface area contributed by atoms with Crippen LogP contribution in [-0.4, -0.2) is 54.3 Å². The molecule has 0 aliphatic carbocycles. The number of hydrogen-bond acceptors (Lipinski definition) is 4. The molecule has 0 bridgehead atoms. The second-order valence-corrected chi connectivity index (χ2v) is 5.67. The standard InChI is InChI=1S/C15H19FN2O3.ClH/c16-11-1-2-12(13(19)9-11)14(20)18-7-8-21-15(10-18)3-5-17-6-4-15;/h1-2,9,17,19H,3-8,10H2;1H. The number of nitrogens with zero attached hydrogens (tertiary/aromatic N) is 1. The van der Waals surface area contributed by atoms with Crippen molar-refractivity contribution in [1.82, 2.24) is 10.2 Å². The molecule has 122 valence electrons. The molecule has 1 spiro atoms. The number of piperidine rings is 1. The van der Waals surface area contributed by atoms with Gasteiger partial charge in [-0.25, -0.2) is 4.39 Å². The molecular weight excluding hydrogens is 311 g/mol. The van der Waals surface area contributed by atoms with Gasteiger partial charge in [-0.05, 0) is 38.1 Å². The fourth-order valence-electron chi connectivity index (χ4n) is 3.06. The minimum atomic E-state index is -0.555. The number of ether oxygens (including phenoxy) is 1. The van der Waals surface area contributed by atoms with Gasteiger partial charge in [0.15, 0.2) is 0 Å². The van der Waals surface area contributed by atoms with Gasteiger partial charge in [0, 0.05) is 12.6 Å². The number of morpholine rings is 1. The Morgan fingerprint density at radius 3 is 2.77 bits per heavy atom. The molecule has 22 heavy (non-hydrogen) atoms. The van der Waals surface area contributed by atoms with Crippen LogP contribution in [0.15, 0.2) is 18.2 Å². The van der Waals surface area contributed by atoms with Gasteiger partial charge >= 0.3 is 0 Å². The van der Waals surface area contributed by atoms with Crippen LogP contribution in [0.5, 0.6) is 5.75 Å². The predicted molar refractivity (Wildman–Crippen MR) is 82.0 cm³/mol. The average molecular weight is 331 g/mol. The number of rotatable bonds is 1. The Bertz CT molecular complexity index is 544. The van der Waals surface area contributed by atoms with Gasteiger partial charge in [0.25, 0.3) is 5.91 Å². The first-order chi connectivity index (χ1) is 10.1. The van der Waals surface area contributed by atoms with E-state index in [2.05, 4.69) is 5.32 Å². The molecule has 2 heterocycles. The molecular formula is C15H20ClFN2O3. The molecule has 1 aromatic rings. The monoisotopic (exact) mass is 330 g/mol. The number of phenols is 1. The Morgan fingerprint density at radius 2 is 2.09 bits per heavy atom. The number of carbonyl (C=O) groups excluding carboxylic acids is 1. The molecule has 2 aliphatic heterocycles. The molecule has 7 heteroatoms. The maximum Gasteiger partial charge on any atom is 0.257 e. The van der Waals surface area contributed by atoms with Crippen LogP contribution in [0.25, 0.3) is 0 Å². The highest BCUT2D eigenvalue weighted by Gasteiger charge is 2.39. The summed E-state index contributed by atoms with van der Waals surface area (Å²) in [6.07, 6.45) is 1.73. The van der Waals surface area contributed by atoms with Crippen LogP contribution in [0.3, 0.4) is 0 Å². The van der Waals surface area contributed by atoms with Gasteiger partial charge in [-0.3, -0.25) is 4.79 Å². The second-order valence-electron chi connectivity index (χ2n) is 5.67. The molecule has 3 rings (SSSR count). The second kappa shape index (κ2) is 6.81. The summed E-state index contributed by atoms with van der Waals surface area (Å²) in [5, 5.41) is 13.0. The van der Waals surface area contributed by atoms with Crippen LogP contribution in [-0.2, 0) is 4.74 Å². The van der Waals surface area contributed by atoms with E-state index in [1.165, 1.54) is 12.1 Å². The summed E-state index contributed by atoms with van der Waals surface area (Å²) < 4.78 is 18.9. The number of carbonyl (C=O) groups is 1. The van der Waals surface area contributed by atoms with E-state index in [1.807, 2.05) is 0 Å². The van der Waals surface area contributed by atoms with Crippen molar-refractivity contribution >= 4 is 18.3 Å². The highest BCUT2D eigenvalue weighted by atomic mass is 35.5. The smallest absolute Gasteiger partial charge is 0.257 e. The minimum absolute atomic E-state index is 0. The fraction of sp³-hybridized carbons (Fsp3) is 0.533. The van der Waals surface area contributed by atoms with Crippen molar-refractivity contribution in [2.24, 2.45) is 0 Å². The highest BCUT2D eigenvalue weighted by Crippen LogP contribution is 2.29. The lowest BCUT2D eigenvalue weighted by Gasteiger charge is -2.45. The van der Waals surface area contributed by atoms with Crippen molar-refractivity contribution < 1.29 is 19.0 Å². The van der Waals surface area contributed by atoms with Gasteiger partial charge in [0.1, 0.15) is 11.6 Å². The van der Waals surface area contributed by atoms with E-state index in [-0.39, 0.29) is 35.2 Å². The van der Waals surface area contributed by atoms with E-state index in [9.17, 15) is 14.3 Å². The molecule has 0 saturated carbocycles. The summed E-state index contributed by atoms with van der Waals surface area (Å²) in [6, 6.07) is 3.49. The van der Waals surface area contributed by atoms with Crippen molar-refractivity contribution in [3.8, 4) is 5.75 Å².